The van der Waals surface area contributed by atoms with Crippen molar-refractivity contribution in [3.63, 3.8) is 0 Å². The third-order valence-corrected chi connectivity index (χ3v) is 3.15. The molecule has 1 aromatic rings. The Morgan fingerprint density at radius 2 is 2.44 bits per heavy atom. The second-order valence-corrected chi connectivity index (χ2v) is 4.53. The monoisotopic (exact) mass is 249 g/mol. The fourth-order valence-electron chi connectivity index (χ4n) is 2.12. The Hall–Kier alpha value is -1.62. The van der Waals surface area contributed by atoms with E-state index in [9.17, 15) is 4.79 Å². The van der Waals surface area contributed by atoms with Gasteiger partial charge in [0.05, 0.1) is 6.61 Å². The highest BCUT2D eigenvalue weighted by Gasteiger charge is 2.12. The molecule has 0 radical (unpaired) electrons. The third kappa shape index (κ3) is 3.70. The van der Waals surface area contributed by atoms with Crippen molar-refractivity contribution in [2.24, 2.45) is 5.73 Å². The van der Waals surface area contributed by atoms with Crippen LogP contribution < -0.4 is 15.8 Å². The van der Waals surface area contributed by atoms with Crippen LogP contribution in [0.5, 0.6) is 5.88 Å². The molecule has 1 atom stereocenters. The second kappa shape index (κ2) is 6.35. The fraction of sp³-hybridized carbons (Fsp3) is 0.538. The predicted octanol–water partition coefficient (Wildman–Crippen LogP) is 1.09. The van der Waals surface area contributed by atoms with Gasteiger partial charge < -0.3 is 15.8 Å². The normalized spacial score (nSPS) is 19.4. The summed E-state index contributed by atoms with van der Waals surface area (Å²) in [6.45, 7) is 1.70. The molecule has 3 N–H and O–H groups in total. The van der Waals surface area contributed by atoms with Crippen LogP contribution in [0.1, 0.15) is 36.0 Å². The van der Waals surface area contributed by atoms with Crippen molar-refractivity contribution in [2.45, 2.75) is 31.7 Å². The molecule has 98 valence electrons. The number of primary amides is 1. The molecule has 5 nitrogen and oxygen atoms in total. The molecule has 2 rings (SSSR count). The van der Waals surface area contributed by atoms with Crippen molar-refractivity contribution in [1.82, 2.24) is 10.3 Å². The molecule has 1 aliphatic heterocycles. The molecular weight excluding hydrogens is 230 g/mol. The van der Waals surface area contributed by atoms with Crippen LogP contribution in [0.25, 0.3) is 0 Å². The number of nitrogens with two attached hydrogens (primary N) is 1. The lowest BCUT2D eigenvalue weighted by molar-refractivity contribution is 0.0999. The van der Waals surface area contributed by atoms with E-state index < -0.39 is 5.91 Å². The Morgan fingerprint density at radius 1 is 1.56 bits per heavy atom. The van der Waals surface area contributed by atoms with Gasteiger partial charge in [-0.3, -0.25) is 4.79 Å². The van der Waals surface area contributed by atoms with Crippen LogP contribution in [0.3, 0.4) is 0 Å². The molecule has 1 fully saturated rings. The van der Waals surface area contributed by atoms with Crippen LogP contribution in [-0.2, 0) is 0 Å². The summed E-state index contributed by atoms with van der Waals surface area (Å²) in [5, 5.41) is 3.46. The van der Waals surface area contributed by atoms with Crippen molar-refractivity contribution in [3.05, 3.63) is 23.9 Å². The average Bonchev–Trinajstić information content (AvgIpc) is 2.40. The van der Waals surface area contributed by atoms with Gasteiger partial charge in [0.15, 0.2) is 0 Å². The van der Waals surface area contributed by atoms with E-state index >= 15 is 0 Å². The van der Waals surface area contributed by atoms with E-state index in [2.05, 4.69) is 10.3 Å². The molecular formula is C13H19N3O2. The van der Waals surface area contributed by atoms with Crippen LogP contribution in [0.2, 0.25) is 0 Å². The molecule has 1 aliphatic rings. The maximum Gasteiger partial charge on any atom is 0.248 e. The van der Waals surface area contributed by atoms with E-state index in [1.54, 1.807) is 12.1 Å². The molecule has 0 spiro atoms. The number of rotatable bonds is 5. The first kappa shape index (κ1) is 12.8. The average molecular weight is 249 g/mol. The largest absolute Gasteiger partial charge is 0.478 e. The standard InChI is InChI=1S/C13H19N3O2/c14-13(17)10-4-7-16-12(9-10)18-8-5-11-3-1-2-6-15-11/h4,7,9,11,15H,1-3,5-6,8H2,(H2,14,17). The number of nitrogens with one attached hydrogen (secondary N) is 1. The molecule has 0 bridgehead atoms. The maximum absolute atomic E-state index is 11.0. The molecule has 1 aromatic heterocycles. The van der Waals surface area contributed by atoms with Crippen molar-refractivity contribution < 1.29 is 9.53 Å². The zero-order chi connectivity index (χ0) is 12.8. The fourth-order valence-corrected chi connectivity index (χ4v) is 2.12. The zero-order valence-corrected chi connectivity index (χ0v) is 10.4. The number of carbonyl (C=O) groups is 1. The number of piperidine rings is 1. The summed E-state index contributed by atoms with van der Waals surface area (Å²) in [6.07, 6.45) is 6.25. The molecule has 1 amide bonds. The lowest BCUT2D eigenvalue weighted by Crippen LogP contribution is -2.35. The number of ether oxygens (including phenoxy) is 1. The van der Waals surface area contributed by atoms with Gasteiger partial charge in [-0.1, -0.05) is 6.42 Å². The van der Waals surface area contributed by atoms with Gasteiger partial charge in [0.1, 0.15) is 0 Å². The maximum atomic E-state index is 11.0. The Morgan fingerprint density at radius 3 is 3.17 bits per heavy atom. The number of aromatic nitrogens is 1. The molecule has 2 heterocycles. The van der Waals surface area contributed by atoms with Crippen molar-refractivity contribution in [3.8, 4) is 5.88 Å². The van der Waals surface area contributed by atoms with Gasteiger partial charge in [-0.2, -0.15) is 0 Å². The van der Waals surface area contributed by atoms with Gasteiger partial charge >= 0.3 is 0 Å². The van der Waals surface area contributed by atoms with Gasteiger partial charge in [-0.25, -0.2) is 4.98 Å². The van der Waals surface area contributed by atoms with Gasteiger partial charge in [0.25, 0.3) is 0 Å². The van der Waals surface area contributed by atoms with Gasteiger partial charge in [-0.15, -0.1) is 0 Å². The first-order chi connectivity index (χ1) is 8.75. The highest BCUT2D eigenvalue weighted by atomic mass is 16.5. The predicted molar refractivity (Wildman–Crippen MR) is 68.5 cm³/mol. The summed E-state index contributed by atoms with van der Waals surface area (Å²) in [6, 6.07) is 3.70. The summed E-state index contributed by atoms with van der Waals surface area (Å²) in [5.74, 6) is -0.00157. The summed E-state index contributed by atoms with van der Waals surface area (Å²) in [7, 11) is 0. The summed E-state index contributed by atoms with van der Waals surface area (Å²) in [4.78, 5) is 15.1. The molecule has 18 heavy (non-hydrogen) atoms. The van der Waals surface area contributed by atoms with E-state index in [-0.39, 0.29) is 0 Å². The minimum atomic E-state index is -0.462. The lowest BCUT2D eigenvalue weighted by Gasteiger charge is -2.23. The van der Waals surface area contributed by atoms with Gasteiger partial charge in [0, 0.05) is 23.9 Å². The summed E-state index contributed by atoms with van der Waals surface area (Å²) in [5.41, 5.74) is 5.62. The van der Waals surface area contributed by atoms with Crippen molar-refractivity contribution in [1.29, 1.82) is 0 Å². The minimum Gasteiger partial charge on any atom is -0.478 e. The quantitative estimate of drug-likeness (QED) is 0.819. The van der Waals surface area contributed by atoms with Crippen LogP contribution in [0.15, 0.2) is 18.3 Å². The van der Waals surface area contributed by atoms with Crippen LogP contribution >= 0.6 is 0 Å². The van der Waals surface area contributed by atoms with Crippen LogP contribution in [-0.4, -0.2) is 30.1 Å². The van der Waals surface area contributed by atoms with Gasteiger partial charge in [0.2, 0.25) is 11.8 Å². The van der Waals surface area contributed by atoms with E-state index in [1.807, 2.05) is 0 Å². The number of nitrogens with zero attached hydrogens (tertiary/aromatic N) is 1. The van der Waals surface area contributed by atoms with Crippen LogP contribution in [0, 0.1) is 0 Å². The molecule has 5 heteroatoms. The first-order valence-electron chi connectivity index (χ1n) is 6.38. The topological polar surface area (TPSA) is 77.2 Å². The minimum absolute atomic E-state index is 0.427. The highest BCUT2D eigenvalue weighted by Crippen LogP contribution is 2.12. The van der Waals surface area contributed by atoms with E-state index in [0.29, 0.717) is 24.1 Å². The number of amides is 1. The lowest BCUT2D eigenvalue weighted by atomic mass is 10.0. The molecule has 0 aromatic carbocycles. The van der Waals surface area contributed by atoms with Gasteiger partial charge in [-0.05, 0) is 31.9 Å². The van der Waals surface area contributed by atoms with Crippen LogP contribution in [0.4, 0.5) is 0 Å². The zero-order valence-electron chi connectivity index (χ0n) is 10.4. The summed E-state index contributed by atoms with van der Waals surface area (Å²) >= 11 is 0. The highest BCUT2D eigenvalue weighted by molar-refractivity contribution is 5.92. The Bertz CT molecular complexity index is 403. The number of pyridine rings is 1. The molecule has 0 aliphatic carbocycles. The van der Waals surface area contributed by atoms with E-state index in [4.69, 9.17) is 10.5 Å². The van der Waals surface area contributed by atoms with E-state index in [0.717, 1.165) is 13.0 Å². The SMILES string of the molecule is NC(=O)c1ccnc(OCCC2CCCCN2)c1. The third-order valence-electron chi connectivity index (χ3n) is 3.15. The Kier molecular flexibility index (Phi) is 4.52. The smallest absolute Gasteiger partial charge is 0.248 e. The van der Waals surface area contributed by atoms with E-state index in [1.165, 1.54) is 25.5 Å². The molecule has 0 saturated carbocycles. The van der Waals surface area contributed by atoms with Crippen molar-refractivity contribution in [2.75, 3.05) is 13.2 Å². The number of hydrogen-bond acceptors (Lipinski definition) is 4. The Labute approximate surface area is 107 Å². The number of carbonyl (C=O) groups excluding carboxylic acids is 1. The second-order valence-electron chi connectivity index (χ2n) is 4.53. The van der Waals surface area contributed by atoms with Crippen molar-refractivity contribution >= 4 is 5.91 Å². The molecule has 1 saturated heterocycles. The Balaban J connectivity index is 1.78. The molecule has 1 unspecified atom stereocenters. The number of hydrogen-bond donors (Lipinski definition) is 2. The summed E-state index contributed by atoms with van der Waals surface area (Å²) < 4.78 is 5.54. The first-order valence-corrected chi connectivity index (χ1v) is 6.38.